The lowest BCUT2D eigenvalue weighted by Crippen LogP contribution is -1.91. The van der Waals surface area contributed by atoms with Gasteiger partial charge in [-0.1, -0.05) is 48.5 Å². The molecule has 1 N–H and O–H groups in total. The lowest BCUT2D eigenvalue weighted by atomic mass is 10.0. The standard InChI is InChI=1S/C16H18O/c1-13-7-5-11-15(16(13)17)12-6-10-14-8-3-2-4-9-14/h2-5,7-9,11,17H,6,10,12H2,1H3. The molecule has 0 aliphatic rings. The van der Waals surface area contributed by atoms with Gasteiger partial charge in [-0.05, 0) is 42.9 Å². The molecule has 17 heavy (non-hydrogen) atoms. The van der Waals surface area contributed by atoms with Crippen LogP contribution >= 0.6 is 0 Å². The molecule has 2 aromatic rings. The fourth-order valence-corrected chi connectivity index (χ4v) is 2.05. The SMILES string of the molecule is Cc1cccc(CCCc2ccccc2)c1O. The predicted octanol–water partition coefficient (Wildman–Crippen LogP) is 3.88. The van der Waals surface area contributed by atoms with E-state index >= 15 is 0 Å². The van der Waals surface area contributed by atoms with Crippen molar-refractivity contribution in [3.8, 4) is 5.75 Å². The molecule has 88 valence electrons. The first-order valence-electron chi connectivity index (χ1n) is 6.09. The van der Waals surface area contributed by atoms with Crippen LogP contribution < -0.4 is 0 Å². The zero-order valence-corrected chi connectivity index (χ0v) is 10.2. The van der Waals surface area contributed by atoms with E-state index in [4.69, 9.17) is 0 Å². The zero-order valence-electron chi connectivity index (χ0n) is 10.2. The minimum absolute atomic E-state index is 0.459. The Labute approximate surface area is 103 Å². The number of benzene rings is 2. The summed E-state index contributed by atoms with van der Waals surface area (Å²) < 4.78 is 0. The number of rotatable bonds is 4. The van der Waals surface area contributed by atoms with Gasteiger partial charge in [0.25, 0.3) is 0 Å². The molecule has 2 aromatic carbocycles. The van der Waals surface area contributed by atoms with Crippen LogP contribution in [0.25, 0.3) is 0 Å². The second kappa shape index (κ2) is 5.53. The molecular formula is C16H18O. The van der Waals surface area contributed by atoms with Crippen molar-refractivity contribution in [2.75, 3.05) is 0 Å². The number of phenols is 1. The van der Waals surface area contributed by atoms with E-state index in [1.807, 2.05) is 31.2 Å². The lowest BCUT2D eigenvalue weighted by molar-refractivity contribution is 0.463. The van der Waals surface area contributed by atoms with Crippen molar-refractivity contribution in [2.45, 2.75) is 26.2 Å². The summed E-state index contributed by atoms with van der Waals surface area (Å²) in [5, 5.41) is 9.89. The van der Waals surface area contributed by atoms with Crippen molar-refractivity contribution in [1.82, 2.24) is 0 Å². The van der Waals surface area contributed by atoms with Crippen molar-refractivity contribution in [2.24, 2.45) is 0 Å². The van der Waals surface area contributed by atoms with Crippen LogP contribution in [0.3, 0.4) is 0 Å². The van der Waals surface area contributed by atoms with Crippen LogP contribution in [0.2, 0.25) is 0 Å². The molecule has 0 aliphatic carbocycles. The van der Waals surface area contributed by atoms with Crippen LogP contribution in [0.1, 0.15) is 23.1 Å². The minimum Gasteiger partial charge on any atom is -0.507 e. The number of phenolic OH excluding ortho intramolecular Hbond substituents is 1. The van der Waals surface area contributed by atoms with Gasteiger partial charge in [0.15, 0.2) is 0 Å². The van der Waals surface area contributed by atoms with Crippen molar-refractivity contribution < 1.29 is 5.11 Å². The van der Waals surface area contributed by atoms with Gasteiger partial charge in [-0.25, -0.2) is 0 Å². The van der Waals surface area contributed by atoms with E-state index < -0.39 is 0 Å². The molecule has 0 aliphatic heterocycles. The summed E-state index contributed by atoms with van der Waals surface area (Å²) in [7, 11) is 0. The van der Waals surface area contributed by atoms with E-state index in [2.05, 4.69) is 24.3 Å². The quantitative estimate of drug-likeness (QED) is 0.839. The third-order valence-electron chi connectivity index (χ3n) is 3.08. The largest absolute Gasteiger partial charge is 0.507 e. The molecule has 2 rings (SSSR count). The van der Waals surface area contributed by atoms with Crippen molar-refractivity contribution >= 4 is 0 Å². The second-order valence-corrected chi connectivity index (χ2v) is 4.42. The molecular weight excluding hydrogens is 208 g/mol. The monoisotopic (exact) mass is 226 g/mol. The zero-order chi connectivity index (χ0) is 12.1. The maximum absolute atomic E-state index is 9.89. The van der Waals surface area contributed by atoms with E-state index in [9.17, 15) is 5.11 Å². The van der Waals surface area contributed by atoms with Gasteiger partial charge in [-0.2, -0.15) is 0 Å². The first-order valence-corrected chi connectivity index (χ1v) is 6.09. The highest BCUT2D eigenvalue weighted by atomic mass is 16.3. The summed E-state index contributed by atoms with van der Waals surface area (Å²) in [6.07, 6.45) is 3.07. The van der Waals surface area contributed by atoms with Crippen molar-refractivity contribution in [3.05, 3.63) is 65.2 Å². The number of para-hydroxylation sites is 1. The Morgan fingerprint density at radius 3 is 2.41 bits per heavy atom. The van der Waals surface area contributed by atoms with E-state index in [1.165, 1.54) is 5.56 Å². The maximum Gasteiger partial charge on any atom is 0.121 e. The Morgan fingerprint density at radius 2 is 1.65 bits per heavy atom. The van der Waals surface area contributed by atoms with Crippen LogP contribution in [0.4, 0.5) is 0 Å². The highest BCUT2D eigenvalue weighted by molar-refractivity contribution is 5.39. The third-order valence-corrected chi connectivity index (χ3v) is 3.08. The molecule has 0 saturated heterocycles. The summed E-state index contributed by atoms with van der Waals surface area (Å²) in [5.41, 5.74) is 3.38. The first kappa shape index (κ1) is 11.7. The maximum atomic E-state index is 9.89. The van der Waals surface area contributed by atoms with E-state index in [1.54, 1.807) is 0 Å². The summed E-state index contributed by atoms with van der Waals surface area (Å²) in [4.78, 5) is 0. The Kier molecular flexibility index (Phi) is 3.81. The molecule has 0 amide bonds. The van der Waals surface area contributed by atoms with Gasteiger partial charge < -0.3 is 5.11 Å². The van der Waals surface area contributed by atoms with Gasteiger partial charge in [-0.15, -0.1) is 0 Å². The fourth-order valence-electron chi connectivity index (χ4n) is 2.05. The van der Waals surface area contributed by atoms with Gasteiger partial charge in [0.05, 0.1) is 0 Å². The number of aryl methyl sites for hydroxylation is 3. The average molecular weight is 226 g/mol. The van der Waals surface area contributed by atoms with Gasteiger partial charge in [0.1, 0.15) is 5.75 Å². The topological polar surface area (TPSA) is 20.2 Å². The van der Waals surface area contributed by atoms with Crippen LogP contribution in [-0.2, 0) is 12.8 Å². The smallest absolute Gasteiger partial charge is 0.121 e. The van der Waals surface area contributed by atoms with E-state index in [0.29, 0.717) is 5.75 Å². The summed E-state index contributed by atoms with van der Waals surface area (Å²) >= 11 is 0. The normalized spacial score (nSPS) is 10.4. The minimum atomic E-state index is 0.459. The molecule has 0 aromatic heterocycles. The molecule has 0 atom stereocenters. The summed E-state index contributed by atoms with van der Waals surface area (Å²) in [6, 6.07) is 16.4. The highest BCUT2D eigenvalue weighted by Crippen LogP contribution is 2.23. The molecule has 0 saturated carbocycles. The van der Waals surface area contributed by atoms with Gasteiger partial charge in [-0.3, -0.25) is 0 Å². The number of aromatic hydroxyl groups is 1. The van der Waals surface area contributed by atoms with Crippen LogP contribution in [0, 0.1) is 6.92 Å². The predicted molar refractivity (Wildman–Crippen MR) is 71.3 cm³/mol. The van der Waals surface area contributed by atoms with Crippen molar-refractivity contribution in [1.29, 1.82) is 0 Å². The number of hydrogen-bond acceptors (Lipinski definition) is 1. The number of hydrogen-bond donors (Lipinski definition) is 1. The highest BCUT2D eigenvalue weighted by Gasteiger charge is 2.03. The molecule has 0 spiro atoms. The van der Waals surface area contributed by atoms with E-state index in [0.717, 1.165) is 30.4 Å². The van der Waals surface area contributed by atoms with Gasteiger partial charge >= 0.3 is 0 Å². The molecule has 1 heteroatoms. The summed E-state index contributed by atoms with van der Waals surface area (Å²) in [5.74, 6) is 0.459. The molecule has 0 heterocycles. The average Bonchev–Trinajstić information content (AvgIpc) is 2.36. The second-order valence-electron chi connectivity index (χ2n) is 4.42. The molecule has 0 radical (unpaired) electrons. The molecule has 0 bridgehead atoms. The lowest BCUT2D eigenvalue weighted by Gasteiger charge is -2.06. The molecule has 0 unspecified atom stereocenters. The van der Waals surface area contributed by atoms with Crippen LogP contribution in [0.15, 0.2) is 48.5 Å². The third kappa shape index (κ3) is 3.10. The van der Waals surface area contributed by atoms with Crippen LogP contribution in [0.5, 0.6) is 5.75 Å². The van der Waals surface area contributed by atoms with E-state index in [-0.39, 0.29) is 0 Å². The fraction of sp³-hybridized carbons (Fsp3) is 0.250. The Balaban J connectivity index is 1.93. The molecule has 1 nitrogen and oxygen atoms in total. The summed E-state index contributed by atoms with van der Waals surface area (Å²) in [6.45, 7) is 1.94. The van der Waals surface area contributed by atoms with Crippen LogP contribution in [-0.4, -0.2) is 5.11 Å². The Bertz CT molecular complexity index is 474. The van der Waals surface area contributed by atoms with Gasteiger partial charge in [0, 0.05) is 0 Å². The van der Waals surface area contributed by atoms with Gasteiger partial charge in [0.2, 0.25) is 0 Å². The van der Waals surface area contributed by atoms with Crippen molar-refractivity contribution in [3.63, 3.8) is 0 Å². The Morgan fingerprint density at radius 1 is 0.882 bits per heavy atom. The molecule has 0 fully saturated rings. The Hall–Kier alpha value is -1.76. The first-order chi connectivity index (χ1) is 8.27.